The maximum absolute atomic E-state index is 12.0. The number of hydrogen-bond donors (Lipinski definition) is 1. The fourth-order valence-electron chi connectivity index (χ4n) is 1.61. The molecule has 0 amide bonds. The molecule has 98 valence electrons. The Morgan fingerprint density at radius 2 is 2.16 bits per heavy atom. The molecule has 0 bridgehead atoms. The normalized spacial score (nSPS) is 11.6. The molecule has 0 fully saturated rings. The standard InChI is InChI=1S/C14H13BrN2O2/c1-9-6-12(16-17(9)2)14(19)8-13(18)10-4-3-5-11(15)7-10/h3-8,18H,1-2H3/b13-8-. The Hall–Kier alpha value is -1.88. The molecular formula is C14H13BrN2O2. The second kappa shape index (κ2) is 5.40. The summed E-state index contributed by atoms with van der Waals surface area (Å²) in [6.07, 6.45) is 1.18. The summed E-state index contributed by atoms with van der Waals surface area (Å²) in [5, 5.41) is 14.0. The molecule has 19 heavy (non-hydrogen) atoms. The molecule has 5 heteroatoms. The molecule has 0 spiro atoms. The summed E-state index contributed by atoms with van der Waals surface area (Å²) in [5.41, 5.74) is 1.79. The summed E-state index contributed by atoms with van der Waals surface area (Å²) < 4.78 is 2.46. The molecule has 1 N–H and O–H groups in total. The molecule has 0 unspecified atom stereocenters. The fraction of sp³-hybridized carbons (Fsp3) is 0.143. The number of nitrogens with zero attached hydrogens (tertiary/aromatic N) is 2. The molecule has 0 saturated heterocycles. The van der Waals surface area contributed by atoms with Crippen molar-refractivity contribution in [3.05, 3.63) is 57.8 Å². The van der Waals surface area contributed by atoms with Crippen molar-refractivity contribution < 1.29 is 9.90 Å². The first-order valence-electron chi connectivity index (χ1n) is 5.69. The molecule has 0 radical (unpaired) electrons. The summed E-state index contributed by atoms with van der Waals surface area (Å²) in [7, 11) is 1.77. The lowest BCUT2D eigenvalue weighted by Crippen LogP contribution is -1.99. The van der Waals surface area contributed by atoms with E-state index in [2.05, 4.69) is 21.0 Å². The van der Waals surface area contributed by atoms with Crippen molar-refractivity contribution in [2.45, 2.75) is 6.92 Å². The van der Waals surface area contributed by atoms with Crippen molar-refractivity contribution in [2.24, 2.45) is 7.05 Å². The van der Waals surface area contributed by atoms with Crippen LogP contribution >= 0.6 is 15.9 Å². The van der Waals surface area contributed by atoms with Gasteiger partial charge in [-0.15, -0.1) is 0 Å². The van der Waals surface area contributed by atoms with Crippen LogP contribution in [0.2, 0.25) is 0 Å². The number of ketones is 1. The summed E-state index contributed by atoms with van der Waals surface area (Å²) in [4.78, 5) is 12.0. The minimum absolute atomic E-state index is 0.0744. The van der Waals surface area contributed by atoms with E-state index < -0.39 is 0 Å². The molecule has 4 nitrogen and oxygen atoms in total. The van der Waals surface area contributed by atoms with Crippen LogP contribution in [0.4, 0.5) is 0 Å². The van der Waals surface area contributed by atoms with E-state index in [1.165, 1.54) is 6.08 Å². The van der Waals surface area contributed by atoms with Crippen LogP contribution in [-0.4, -0.2) is 20.7 Å². The van der Waals surface area contributed by atoms with Gasteiger partial charge >= 0.3 is 0 Å². The van der Waals surface area contributed by atoms with Gasteiger partial charge < -0.3 is 5.11 Å². The average Bonchev–Trinajstić information content (AvgIpc) is 2.69. The number of benzene rings is 1. The zero-order valence-electron chi connectivity index (χ0n) is 10.6. The number of aliphatic hydroxyl groups excluding tert-OH is 1. The van der Waals surface area contributed by atoms with E-state index in [0.29, 0.717) is 11.3 Å². The topological polar surface area (TPSA) is 55.1 Å². The van der Waals surface area contributed by atoms with Crippen molar-refractivity contribution >= 4 is 27.5 Å². The second-order valence-electron chi connectivity index (χ2n) is 4.20. The summed E-state index contributed by atoms with van der Waals surface area (Å²) in [6.45, 7) is 1.86. The molecule has 2 aromatic rings. The predicted molar refractivity (Wildman–Crippen MR) is 77.0 cm³/mol. The van der Waals surface area contributed by atoms with E-state index >= 15 is 0 Å². The quantitative estimate of drug-likeness (QED) is 0.536. The van der Waals surface area contributed by atoms with Crippen LogP contribution in [0.3, 0.4) is 0 Å². The predicted octanol–water partition coefficient (Wildman–Crippen LogP) is 3.27. The first-order chi connectivity index (χ1) is 8.97. The Labute approximate surface area is 119 Å². The maximum atomic E-state index is 12.0. The van der Waals surface area contributed by atoms with Gasteiger partial charge in [-0.25, -0.2) is 0 Å². The number of hydrogen-bond acceptors (Lipinski definition) is 3. The van der Waals surface area contributed by atoms with Gasteiger partial charge in [-0.1, -0.05) is 28.1 Å². The SMILES string of the molecule is Cc1cc(C(=O)/C=C(\O)c2cccc(Br)c2)nn1C. The highest BCUT2D eigenvalue weighted by molar-refractivity contribution is 9.10. The van der Waals surface area contributed by atoms with Gasteiger partial charge in [-0.3, -0.25) is 9.48 Å². The Morgan fingerprint density at radius 3 is 2.74 bits per heavy atom. The number of aryl methyl sites for hydroxylation is 2. The minimum atomic E-state index is -0.318. The van der Waals surface area contributed by atoms with E-state index in [1.807, 2.05) is 13.0 Å². The summed E-state index contributed by atoms with van der Waals surface area (Å²) in [5.74, 6) is -0.393. The van der Waals surface area contributed by atoms with E-state index in [9.17, 15) is 9.90 Å². The molecule has 0 atom stereocenters. The van der Waals surface area contributed by atoms with E-state index in [-0.39, 0.29) is 11.5 Å². The Kier molecular flexibility index (Phi) is 3.85. The molecule has 0 aliphatic rings. The van der Waals surface area contributed by atoms with Gasteiger partial charge in [0.2, 0.25) is 5.78 Å². The van der Waals surface area contributed by atoms with Crippen molar-refractivity contribution in [3.8, 4) is 0 Å². The maximum Gasteiger partial charge on any atom is 0.209 e. The van der Waals surface area contributed by atoms with E-state index in [4.69, 9.17) is 0 Å². The minimum Gasteiger partial charge on any atom is -0.507 e. The van der Waals surface area contributed by atoms with Gasteiger partial charge in [0.1, 0.15) is 11.5 Å². The number of carbonyl (C=O) groups is 1. The van der Waals surface area contributed by atoms with Crippen molar-refractivity contribution in [2.75, 3.05) is 0 Å². The Bertz CT molecular complexity index is 640. The summed E-state index contributed by atoms with van der Waals surface area (Å²) in [6, 6.07) is 8.79. The van der Waals surface area contributed by atoms with Gasteiger partial charge in [0.05, 0.1) is 0 Å². The monoisotopic (exact) mass is 320 g/mol. The third-order valence-corrected chi connectivity index (χ3v) is 3.25. The zero-order chi connectivity index (χ0) is 14.0. The number of carbonyl (C=O) groups excluding carboxylic acids is 1. The number of rotatable bonds is 3. The molecule has 0 saturated carbocycles. The largest absolute Gasteiger partial charge is 0.507 e. The summed E-state index contributed by atoms with van der Waals surface area (Å²) >= 11 is 3.32. The van der Waals surface area contributed by atoms with Crippen LogP contribution in [0.1, 0.15) is 21.7 Å². The van der Waals surface area contributed by atoms with Crippen molar-refractivity contribution in [3.63, 3.8) is 0 Å². The van der Waals surface area contributed by atoms with Crippen LogP contribution in [0, 0.1) is 6.92 Å². The molecule has 2 rings (SSSR count). The smallest absolute Gasteiger partial charge is 0.209 e. The number of aliphatic hydroxyl groups is 1. The Balaban J connectivity index is 2.28. The fourth-order valence-corrected chi connectivity index (χ4v) is 2.01. The van der Waals surface area contributed by atoms with Gasteiger partial charge in [0, 0.05) is 28.9 Å². The van der Waals surface area contributed by atoms with Crippen LogP contribution in [0.5, 0.6) is 0 Å². The number of aromatic nitrogens is 2. The van der Waals surface area contributed by atoms with Gasteiger partial charge in [0.15, 0.2) is 0 Å². The third kappa shape index (κ3) is 3.12. The molecular weight excluding hydrogens is 308 g/mol. The van der Waals surface area contributed by atoms with Crippen LogP contribution < -0.4 is 0 Å². The molecule has 1 heterocycles. The van der Waals surface area contributed by atoms with E-state index in [1.54, 1.807) is 36.0 Å². The van der Waals surface area contributed by atoms with Crippen LogP contribution in [0.25, 0.3) is 5.76 Å². The first-order valence-corrected chi connectivity index (χ1v) is 6.48. The zero-order valence-corrected chi connectivity index (χ0v) is 12.2. The highest BCUT2D eigenvalue weighted by Crippen LogP contribution is 2.18. The van der Waals surface area contributed by atoms with Gasteiger partial charge in [-0.2, -0.15) is 5.10 Å². The highest BCUT2D eigenvalue weighted by Gasteiger charge is 2.10. The van der Waals surface area contributed by atoms with Gasteiger partial charge in [0.25, 0.3) is 0 Å². The molecule has 0 aliphatic carbocycles. The van der Waals surface area contributed by atoms with Crippen molar-refractivity contribution in [1.82, 2.24) is 9.78 Å². The lowest BCUT2D eigenvalue weighted by molar-refractivity contribution is 0.104. The lowest BCUT2D eigenvalue weighted by atomic mass is 10.1. The highest BCUT2D eigenvalue weighted by atomic mass is 79.9. The number of halogens is 1. The van der Waals surface area contributed by atoms with E-state index in [0.717, 1.165) is 10.2 Å². The van der Waals surface area contributed by atoms with Crippen LogP contribution in [0.15, 0.2) is 40.9 Å². The molecule has 1 aromatic heterocycles. The van der Waals surface area contributed by atoms with Gasteiger partial charge in [-0.05, 0) is 25.1 Å². The first kappa shape index (κ1) is 13.5. The van der Waals surface area contributed by atoms with Crippen LogP contribution in [-0.2, 0) is 7.05 Å². The average molecular weight is 321 g/mol. The second-order valence-corrected chi connectivity index (χ2v) is 5.11. The third-order valence-electron chi connectivity index (χ3n) is 2.75. The molecule has 1 aromatic carbocycles. The van der Waals surface area contributed by atoms with Crippen molar-refractivity contribution in [1.29, 1.82) is 0 Å². The molecule has 0 aliphatic heterocycles. The lowest BCUT2D eigenvalue weighted by Gasteiger charge is -2.00. The number of allylic oxidation sites excluding steroid dienone is 1. The Morgan fingerprint density at radius 1 is 1.42 bits per heavy atom.